The molecule has 1 N–H and O–H groups in total. The molecule has 3 aromatic heterocycles. The minimum atomic E-state index is -0.203. The highest BCUT2D eigenvalue weighted by atomic mass is 16.2. The summed E-state index contributed by atoms with van der Waals surface area (Å²) in [4.78, 5) is 21.5. The zero-order chi connectivity index (χ0) is 19.3. The summed E-state index contributed by atoms with van der Waals surface area (Å²) in [5.74, 6) is 0.194. The molecule has 0 unspecified atom stereocenters. The SMILES string of the molecule is CC[C@H](CCNC(=O)c1cc(-c2ccccc2)nc2ncnn12)n1cccn1. The van der Waals surface area contributed by atoms with Gasteiger partial charge >= 0.3 is 0 Å². The van der Waals surface area contributed by atoms with E-state index in [1.807, 2.05) is 47.3 Å². The molecule has 0 spiro atoms. The summed E-state index contributed by atoms with van der Waals surface area (Å²) in [5.41, 5.74) is 2.02. The number of rotatable bonds is 7. The topological polar surface area (TPSA) is 90.0 Å². The summed E-state index contributed by atoms with van der Waals surface area (Å²) in [6, 6.07) is 13.6. The molecule has 0 saturated carbocycles. The number of hydrogen-bond acceptors (Lipinski definition) is 5. The van der Waals surface area contributed by atoms with Gasteiger partial charge in [0.25, 0.3) is 11.7 Å². The van der Waals surface area contributed by atoms with Crippen molar-refractivity contribution >= 4 is 11.7 Å². The van der Waals surface area contributed by atoms with Gasteiger partial charge in [0.1, 0.15) is 12.0 Å². The molecule has 1 aromatic carbocycles. The summed E-state index contributed by atoms with van der Waals surface area (Å²) >= 11 is 0. The van der Waals surface area contributed by atoms with Gasteiger partial charge in [-0.15, -0.1) is 0 Å². The van der Waals surface area contributed by atoms with Crippen molar-refractivity contribution in [1.82, 2.24) is 34.7 Å². The summed E-state index contributed by atoms with van der Waals surface area (Å²) in [6.07, 6.45) is 6.85. The van der Waals surface area contributed by atoms with Crippen LogP contribution in [0.3, 0.4) is 0 Å². The Hall–Kier alpha value is -3.55. The van der Waals surface area contributed by atoms with Crippen LogP contribution in [0.2, 0.25) is 0 Å². The van der Waals surface area contributed by atoms with E-state index >= 15 is 0 Å². The molecule has 0 bridgehead atoms. The van der Waals surface area contributed by atoms with Crippen molar-refractivity contribution in [3.05, 3.63) is 66.9 Å². The molecule has 0 saturated heterocycles. The normalized spacial score (nSPS) is 12.2. The number of benzene rings is 1. The Morgan fingerprint density at radius 1 is 1.18 bits per heavy atom. The molecular formula is C20H21N7O. The van der Waals surface area contributed by atoms with Crippen molar-refractivity contribution < 1.29 is 4.79 Å². The van der Waals surface area contributed by atoms with Crippen LogP contribution in [0.1, 0.15) is 36.3 Å². The molecule has 0 radical (unpaired) electrons. The Morgan fingerprint density at radius 3 is 2.79 bits per heavy atom. The van der Waals surface area contributed by atoms with E-state index in [2.05, 4.69) is 32.4 Å². The van der Waals surface area contributed by atoms with Gasteiger partial charge in [-0.3, -0.25) is 9.48 Å². The van der Waals surface area contributed by atoms with E-state index in [1.54, 1.807) is 12.3 Å². The Morgan fingerprint density at radius 2 is 2.04 bits per heavy atom. The van der Waals surface area contributed by atoms with E-state index in [4.69, 9.17) is 0 Å². The Kier molecular flexibility index (Phi) is 5.09. The molecule has 0 fully saturated rings. The second-order valence-electron chi connectivity index (χ2n) is 6.46. The van der Waals surface area contributed by atoms with Crippen LogP contribution in [0, 0.1) is 0 Å². The van der Waals surface area contributed by atoms with E-state index in [1.165, 1.54) is 10.8 Å². The van der Waals surface area contributed by atoms with Crippen molar-refractivity contribution in [3.63, 3.8) is 0 Å². The van der Waals surface area contributed by atoms with Gasteiger partial charge < -0.3 is 5.32 Å². The van der Waals surface area contributed by atoms with Crippen LogP contribution < -0.4 is 5.32 Å². The molecule has 4 aromatic rings. The quantitative estimate of drug-likeness (QED) is 0.536. The monoisotopic (exact) mass is 375 g/mol. The van der Waals surface area contributed by atoms with Crippen LogP contribution >= 0.6 is 0 Å². The molecule has 8 heteroatoms. The van der Waals surface area contributed by atoms with Crippen molar-refractivity contribution in [2.75, 3.05) is 6.54 Å². The van der Waals surface area contributed by atoms with Gasteiger partial charge in [-0.25, -0.2) is 4.98 Å². The van der Waals surface area contributed by atoms with Crippen LogP contribution in [0.4, 0.5) is 0 Å². The lowest BCUT2D eigenvalue weighted by Crippen LogP contribution is -2.28. The molecule has 1 amide bonds. The van der Waals surface area contributed by atoms with Gasteiger partial charge in [0.2, 0.25) is 0 Å². The van der Waals surface area contributed by atoms with Crippen molar-refractivity contribution in [2.45, 2.75) is 25.8 Å². The van der Waals surface area contributed by atoms with Gasteiger partial charge in [0, 0.05) is 24.5 Å². The zero-order valence-corrected chi connectivity index (χ0v) is 15.6. The predicted molar refractivity (Wildman–Crippen MR) is 105 cm³/mol. The maximum atomic E-state index is 12.8. The lowest BCUT2D eigenvalue weighted by atomic mass is 10.1. The highest BCUT2D eigenvalue weighted by Gasteiger charge is 2.16. The van der Waals surface area contributed by atoms with Crippen LogP contribution in [-0.4, -0.2) is 41.8 Å². The lowest BCUT2D eigenvalue weighted by molar-refractivity contribution is 0.0943. The van der Waals surface area contributed by atoms with Gasteiger partial charge in [-0.1, -0.05) is 37.3 Å². The summed E-state index contributed by atoms with van der Waals surface area (Å²) in [6.45, 7) is 2.65. The standard InChI is InChI=1S/C20H21N7O/c1-2-16(26-12-6-10-23-26)9-11-21-19(28)18-13-17(15-7-4-3-5-8-15)25-20-22-14-24-27(18)20/h3-8,10,12-14,16H,2,9,11H2,1H3,(H,21,28)/t16-/m1/s1. The molecule has 8 nitrogen and oxygen atoms in total. The molecule has 4 rings (SSSR count). The number of nitrogens with one attached hydrogen (secondary N) is 1. The molecule has 0 aliphatic rings. The van der Waals surface area contributed by atoms with Crippen molar-refractivity contribution in [1.29, 1.82) is 0 Å². The van der Waals surface area contributed by atoms with Crippen LogP contribution in [0.25, 0.3) is 17.0 Å². The maximum Gasteiger partial charge on any atom is 0.270 e. The third kappa shape index (κ3) is 3.62. The van der Waals surface area contributed by atoms with Crippen LogP contribution in [-0.2, 0) is 0 Å². The fraction of sp³-hybridized carbons (Fsp3) is 0.250. The maximum absolute atomic E-state index is 12.8. The van der Waals surface area contributed by atoms with Gasteiger partial charge in [0.15, 0.2) is 0 Å². The molecule has 142 valence electrons. The molecule has 28 heavy (non-hydrogen) atoms. The predicted octanol–water partition coefficient (Wildman–Crippen LogP) is 2.76. The van der Waals surface area contributed by atoms with Crippen molar-refractivity contribution in [2.24, 2.45) is 0 Å². The Labute approximate surface area is 162 Å². The van der Waals surface area contributed by atoms with E-state index in [-0.39, 0.29) is 11.9 Å². The average molecular weight is 375 g/mol. The molecule has 1 atom stereocenters. The van der Waals surface area contributed by atoms with Crippen molar-refractivity contribution in [3.8, 4) is 11.3 Å². The minimum Gasteiger partial charge on any atom is -0.351 e. The second kappa shape index (κ2) is 7.99. The lowest BCUT2D eigenvalue weighted by Gasteiger charge is -2.16. The number of nitrogens with zero attached hydrogens (tertiary/aromatic N) is 6. The number of fused-ring (bicyclic) bond motifs is 1. The first-order valence-corrected chi connectivity index (χ1v) is 9.30. The first-order chi connectivity index (χ1) is 13.8. The highest BCUT2D eigenvalue weighted by Crippen LogP contribution is 2.19. The fourth-order valence-electron chi connectivity index (χ4n) is 3.19. The molecular weight excluding hydrogens is 354 g/mol. The zero-order valence-electron chi connectivity index (χ0n) is 15.6. The van der Waals surface area contributed by atoms with Gasteiger partial charge in [-0.05, 0) is 25.0 Å². The smallest absolute Gasteiger partial charge is 0.270 e. The number of carbonyl (C=O) groups is 1. The number of aromatic nitrogens is 6. The highest BCUT2D eigenvalue weighted by molar-refractivity contribution is 5.94. The van der Waals surface area contributed by atoms with Gasteiger partial charge in [0.05, 0.1) is 11.7 Å². The number of carbonyl (C=O) groups excluding carboxylic acids is 1. The summed E-state index contributed by atoms with van der Waals surface area (Å²) in [7, 11) is 0. The molecule has 3 heterocycles. The molecule has 0 aliphatic heterocycles. The summed E-state index contributed by atoms with van der Waals surface area (Å²) in [5, 5.41) is 11.4. The van der Waals surface area contributed by atoms with Crippen LogP contribution in [0.15, 0.2) is 61.2 Å². The number of hydrogen-bond donors (Lipinski definition) is 1. The van der Waals surface area contributed by atoms with E-state index in [0.29, 0.717) is 23.7 Å². The van der Waals surface area contributed by atoms with E-state index in [0.717, 1.165) is 18.4 Å². The fourth-order valence-corrected chi connectivity index (χ4v) is 3.19. The molecule has 0 aliphatic carbocycles. The van der Waals surface area contributed by atoms with E-state index < -0.39 is 0 Å². The summed E-state index contributed by atoms with van der Waals surface area (Å²) < 4.78 is 3.40. The Bertz CT molecular complexity index is 1060. The minimum absolute atomic E-state index is 0.203. The third-order valence-electron chi connectivity index (χ3n) is 4.69. The first kappa shape index (κ1) is 17.8. The van der Waals surface area contributed by atoms with Crippen LogP contribution in [0.5, 0.6) is 0 Å². The van der Waals surface area contributed by atoms with E-state index in [9.17, 15) is 4.79 Å². The second-order valence-corrected chi connectivity index (χ2v) is 6.46. The number of amides is 1. The first-order valence-electron chi connectivity index (χ1n) is 9.30. The largest absolute Gasteiger partial charge is 0.351 e. The van der Waals surface area contributed by atoms with Gasteiger partial charge in [-0.2, -0.15) is 19.7 Å². The Balaban J connectivity index is 1.53. The average Bonchev–Trinajstić information content (AvgIpc) is 3.43. The third-order valence-corrected chi connectivity index (χ3v) is 4.69.